The van der Waals surface area contributed by atoms with E-state index < -0.39 is 5.60 Å². The molecule has 0 bridgehead atoms. The molecule has 2 rings (SSSR count). The minimum Gasteiger partial charge on any atom is -0.375 e. The van der Waals surface area contributed by atoms with Crippen molar-refractivity contribution in [2.75, 3.05) is 12.8 Å². The zero-order chi connectivity index (χ0) is 13.9. The molecule has 0 radical (unpaired) electrons. The van der Waals surface area contributed by atoms with Crippen LogP contribution in [0.25, 0.3) is 0 Å². The molecule has 0 aromatic carbocycles. The number of thiazole rings is 1. The van der Waals surface area contributed by atoms with Crippen molar-refractivity contribution in [3.63, 3.8) is 0 Å². The summed E-state index contributed by atoms with van der Waals surface area (Å²) >= 11 is 1.40. The third-order valence-corrected chi connectivity index (χ3v) is 4.03. The van der Waals surface area contributed by atoms with Crippen LogP contribution in [0.2, 0.25) is 0 Å². The van der Waals surface area contributed by atoms with Crippen LogP contribution in [0.3, 0.4) is 0 Å². The van der Waals surface area contributed by atoms with Crippen LogP contribution >= 0.6 is 11.3 Å². The van der Waals surface area contributed by atoms with E-state index in [-0.39, 0.29) is 0 Å². The molecule has 0 saturated heterocycles. The third kappa shape index (κ3) is 2.76. The maximum Gasteiger partial charge on any atom is 0.232 e. The van der Waals surface area contributed by atoms with Gasteiger partial charge in [-0.25, -0.2) is 4.98 Å². The topological polar surface area (TPSA) is 87.1 Å². The van der Waals surface area contributed by atoms with Crippen molar-refractivity contribution in [2.45, 2.75) is 38.7 Å². The van der Waals surface area contributed by atoms with Crippen molar-refractivity contribution in [3.8, 4) is 0 Å². The first-order chi connectivity index (χ1) is 9.13. The van der Waals surface area contributed by atoms with Gasteiger partial charge in [0.1, 0.15) is 5.60 Å². The summed E-state index contributed by atoms with van der Waals surface area (Å²) in [5.74, 6) is 1.13. The maximum atomic E-state index is 5.59. The van der Waals surface area contributed by atoms with E-state index in [0.717, 1.165) is 18.5 Å². The lowest BCUT2D eigenvalue weighted by atomic mass is 9.96. The Bertz CT molecular complexity index is 525. The molecule has 0 amide bonds. The molecule has 0 aliphatic carbocycles. The molecule has 2 aromatic rings. The van der Waals surface area contributed by atoms with E-state index >= 15 is 0 Å². The van der Waals surface area contributed by atoms with E-state index in [4.69, 9.17) is 15.0 Å². The molecule has 7 heteroatoms. The molecule has 0 fully saturated rings. The Kier molecular flexibility index (Phi) is 4.16. The number of anilines is 1. The third-order valence-electron chi connectivity index (χ3n) is 3.31. The van der Waals surface area contributed by atoms with Gasteiger partial charge in [0.05, 0.1) is 12.1 Å². The summed E-state index contributed by atoms with van der Waals surface area (Å²) in [5, 5.41) is 6.47. The summed E-state index contributed by atoms with van der Waals surface area (Å²) in [4.78, 5) is 8.60. The molecule has 0 aliphatic heterocycles. The van der Waals surface area contributed by atoms with Gasteiger partial charge in [-0.1, -0.05) is 19.0 Å². The van der Waals surface area contributed by atoms with E-state index in [9.17, 15) is 0 Å². The Labute approximate surface area is 116 Å². The highest BCUT2D eigenvalue weighted by molar-refractivity contribution is 7.13. The van der Waals surface area contributed by atoms with Gasteiger partial charge < -0.3 is 15.0 Å². The lowest BCUT2D eigenvalue weighted by Gasteiger charge is -2.25. The average molecular weight is 282 g/mol. The number of hydrogen-bond acceptors (Lipinski definition) is 7. The molecule has 6 nitrogen and oxygen atoms in total. The molecule has 0 atom stereocenters. The Hall–Kier alpha value is -1.47. The number of nitrogen functional groups attached to an aromatic ring is 1. The van der Waals surface area contributed by atoms with Gasteiger partial charge in [0.25, 0.3) is 0 Å². The van der Waals surface area contributed by atoms with Crippen LogP contribution in [0.15, 0.2) is 9.90 Å². The van der Waals surface area contributed by atoms with Crippen LogP contribution in [0.4, 0.5) is 5.13 Å². The van der Waals surface area contributed by atoms with Crippen LogP contribution in [-0.4, -0.2) is 22.2 Å². The zero-order valence-electron chi connectivity index (χ0n) is 11.3. The summed E-state index contributed by atoms with van der Waals surface area (Å²) in [7, 11) is 1.67. The number of methoxy groups -OCH3 is 1. The van der Waals surface area contributed by atoms with Crippen molar-refractivity contribution in [1.82, 2.24) is 15.1 Å². The standard InChI is InChI=1S/C12H18N4O2S/c1-4-12(5-2,17-3)10-15-9(18-16-10)6-8-7-19-11(13)14-8/h7H,4-6H2,1-3H3,(H2,13,14). The molecule has 0 unspecified atom stereocenters. The Morgan fingerprint density at radius 1 is 1.37 bits per heavy atom. The molecule has 0 saturated carbocycles. The first-order valence-corrected chi connectivity index (χ1v) is 7.09. The molecule has 104 valence electrons. The predicted octanol–water partition coefficient (Wildman–Crippen LogP) is 2.36. The van der Waals surface area contributed by atoms with Crippen molar-refractivity contribution in [2.24, 2.45) is 0 Å². The molecule has 2 N–H and O–H groups in total. The second-order valence-electron chi connectivity index (χ2n) is 4.27. The molecule has 2 heterocycles. The summed E-state index contributed by atoms with van der Waals surface area (Å²) in [6.07, 6.45) is 2.08. The van der Waals surface area contributed by atoms with Crippen LogP contribution in [0, 0.1) is 0 Å². The summed E-state index contributed by atoms with van der Waals surface area (Å²) in [6.45, 7) is 4.09. The van der Waals surface area contributed by atoms with Crippen LogP contribution in [-0.2, 0) is 16.8 Å². The van der Waals surface area contributed by atoms with Crippen molar-refractivity contribution in [1.29, 1.82) is 0 Å². The number of rotatable bonds is 6. The van der Waals surface area contributed by atoms with Gasteiger partial charge in [0.2, 0.25) is 11.7 Å². The van der Waals surface area contributed by atoms with E-state index in [1.165, 1.54) is 11.3 Å². The highest BCUT2D eigenvalue weighted by Gasteiger charge is 2.33. The lowest BCUT2D eigenvalue weighted by Crippen LogP contribution is -2.28. The second-order valence-corrected chi connectivity index (χ2v) is 5.16. The highest BCUT2D eigenvalue weighted by atomic mass is 32.1. The fourth-order valence-electron chi connectivity index (χ4n) is 2.02. The first-order valence-electron chi connectivity index (χ1n) is 6.21. The van der Waals surface area contributed by atoms with Crippen molar-refractivity contribution >= 4 is 16.5 Å². The number of nitrogens with zero attached hydrogens (tertiary/aromatic N) is 3. The Balaban J connectivity index is 2.18. The zero-order valence-corrected chi connectivity index (χ0v) is 12.2. The molecule has 19 heavy (non-hydrogen) atoms. The normalized spacial score (nSPS) is 11.9. The van der Waals surface area contributed by atoms with Gasteiger partial charge in [-0.3, -0.25) is 0 Å². The smallest absolute Gasteiger partial charge is 0.232 e. The Morgan fingerprint density at radius 2 is 2.11 bits per heavy atom. The fraction of sp³-hybridized carbons (Fsp3) is 0.583. The minimum absolute atomic E-state index is 0.469. The van der Waals surface area contributed by atoms with Crippen LogP contribution in [0.5, 0.6) is 0 Å². The SMILES string of the molecule is CCC(CC)(OC)c1noc(Cc2csc(N)n2)n1. The van der Waals surface area contributed by atoms with Gasteiger partial charge >= 0.3 is 0 Å². The number of nitrogens with two attached hydrogens (primary N) is 1. The van der Waals surface area contributed by atoms with Crippen LogP contribution < -0.4 is 5.73 Å². The molecular weight excluding hydrogens is 264 g/mol. The molecule has 2 aromatic heterocycles. The molecule has 0 aliphatic rings. The van der Waals surface area contributed by atoms with Crippen molar-refractivity contribution < 1.29 is 9.26 Å². The average Bonchev–Trinajstić information content (AvgIpc) is 3.03. The fourth-order valence-corrected chi connectivity index (χ4v) is 2.58. The summed E-state index contributed by atoms with van der Waals surface area (Å²) < 4.78 is 10.8. The minimum atomic E-state index is -0.469. The largest absolute Gasteiger partial charge is 0.375 e. The predicted molar refractivity (Wildman–Crippen MR) is 72.9 cm³/mol. The van der Waals surface area contributed by atoms with Gasteiger partial charge in [-0.2, -0.15) is 4.98 Å². The van der Waals surface area contributed by atoms with E-state index in [1.807, 2.05) is 19.2 Å². The van der Waals surface area contributed by atoms with Gasteiger partial charge in [-0.15, -0.1) is 11.3 Å². The van der Waals surface area contributed by atoms with E-state index in [2.05, 4.69) is 15.1 Å². The van der Waals surface area contributed by atoms with Crippen LogP contribution in [0.1, 0.15) is 44.1 Å². The first kappa shape index (κ1) is 14.0. The summed E-state index contributed by atoms with van der Waals surface area (Å²) in [6, 6.07) is 0. The number of ether oxygens (including phenoxy) is 1. The molecular formula is C12H18N4O2S. The van der Waals surface area contributed by atoms with E-state index in [0.29, 0.717) is 23.3 Å². The monoisotopic (exact) mass is 282 g/mol. The number of hydrogen-bond donors (Lipinski definition) is 1. The quantitative estimate of drug-likeness (QED) is 0.875. The van der Waals surface area contributed by atoms with Gasteiger partial charge in [0, 0.05) is 12.5 Å². The summed E-state index contributed by atoms with van der Waals surface area (Å²) in [5.41, 5.74) is 5.96. The molecule has 0 spiro atoms. The van der Waals surface area contributed by atoms with E-state index in [1.54, 1.807) is 7.11 Å². The van der Waals surface area contributed by atoms with Crippen molar-refractivity contribution in [3.05, 3.63) is 22.8 Å². The number of aromatic nitrogens is 3. The Morgan fingerprint density at radius 3 is 2.63 bits per heavy atom. The van der Waals surface area contributed by atoms with Gasteiger partial charge in [-0.05, 0) is 12.8 Å². The second kappa shape index (κ2) is 5.66. The van der Waals surface area contributed by atoms with Gasteiger partial charge in [0.15, 0.2) is 5.13 Å². The lowest BCUT2D eigenvalue weighted by molar-refractivity contribution is -0.0306. The maximum absolute atomic E-state index is 5.59. The highest BCUT2D eigenvalue weighted by Crippen LogP contribution is 2.30.